The van der Waals surface area contributed by atoms with Crippen LogP contribution in [0.15, 0.2) is 35.3 Å². The van der Waals surface area contributed by atoms with Crippen molar-refractivity contribution in [3.05, 3.63) is 35.9 Å². The third-order valence-electron chi connectivity index (χ3n) is 2.43. The summed E-state index contributed by atoms with van der Waals surface area (Å²) in [5, 5.41) is 0. The summed E-state index contributed by atoms with van der Waals surface area (Å²) in [5.41, 5.74) is 1.21. The maximum absolute atomic E-state index is 10.6. The monoisotopic (exact) mass is 273 g/mol. The molecule has 0 N–H and O–H groups in total. The first-order valence-corrected chi connectivity index (χ1v) is 6.51. The lowest BCUT2D eigenvalue weighted by Gasteiger charge is -1.95. The van der Waals surface area contributed by atoms with Crippen LogP contribution >= 0.6 is 0 Å². The highest BCUT2D eigenvalue weighted by Crippen LogP contribution is 2.00. The molecule has 1 rings (SSSR count). The van der Waals surface area contributed by atoms with E-state index in [4.69, 9.17) is 0 Å². The van der Waals surface area contributed by atoms with E-state index in [-0.39, 0.29) is 6.61 Å². The van der Waals surface area contributed by atoms with Gasteiger partial charge in [-0.3, -0.25) is 4.99 Å². The molecule has 0 spiro atoms. The molecule has 4 nitrogen and oxygen atoms in total. The van der Waals surface area contributed by atoms with Gasteiger partial charge in [0.1, 0.15) is 0 Å². The van der Waals surface area contributed by atoms with Crippen molar-refractivity contribution in [1.29, 1.82) is 0 Å². The highest BCUT2D eigenvalue weighted by molar-refractivity contribution is 5.59. The molecule has 0 heterocycles. The molecule has 20 heavy (non-hydrogen) atoms. The predicted octanol–water partition coefficient (Wildman–Crippen LogP) is 3.21. The normalized spacial score (nSPS) is 9.85. The Morgan fingerprint density at radius 3 is 2.85 bits per heavy atom. The van der Waals surface area contributed by atoms with E-state index in [9.17, 15) is 4.79 Å². The number of nitrogens with zero attached hydrogens (tertiary/aromatic N) is 1. The third kappa shape index (κ3) is 7.93. The SMILES string of the molecule is COC(=O)OCC#CCCCC=NCc1ccccc1. The number of ether oxygens (including phenoxy) is 2. The van der Waals surface area contributed by atoms with Crippen LogP contribution in [0.5, 0.6) is 0 Å². The number of hydrogen-bond acceptors (Lipinski definition) is 4. The van der Waals surface area contributed by atoms with Gasteiger partial charge in [0.2, 0.25) is 0 Å². The van der Waals surface area contributed by atoms with Crippen molar-refractivity contribution in [2.75, 3.05) is 13.7 Å². The first-order chi connectivity index (χ1) is 9.83. The van der Waals surface area contributed by atoms with Crippen molar-refractivity contribution < 1.29 is 14.3 Å². The number of carbonyl (C=O) groups is 1. The lowest BCUT2D eigenvalue weighted by Crippen LogP contribution is -2.03. The lowest BCUT2D eigenvalue weighted by atomic mass is 10.2. The van der Waals surface area contributed by atoms with Crippen molar-refractivity contribution >= 4 is 12.4 Å². The fraction of sp³-hybridized carbons (Fsp3) is 0.375. The summed E-state index contributed by atoms with van der Waals surface area (Å²) in [6, 6.07) is 10.1. The highest BCUT2D eigenvalue weighted by Gasteiger charge is 1.95. The average Bonchev–Trinajstić information content (AvgIpc) is 2.50. The largest absolute Gasteiger partial charge is 0.508 e. The molecule has 0 aliphatic rings. The molecule has 4 heteroatoms. The topological polar surface area (TPSA) is 47.9 Å². The number of carbonyl (C=O) groups excluding carboxylic acids is 1. The second-order valence-electron chi connectivity index (χ2n) is 4.00. The van der Waals surface area contributed by atoms with Gasteiger partial charge in [0.05, 0.1) is 13.7 Å². The molecule has 0 radical (unpaired) electrons. The second-order valence-corrected chi connectivity index (χ2v) is 4.00. The molecule has 0 fully saturated rings. The minimum atomic E-state index is -0.702. The predicted molar refractivity (Wildman–Crippen MR) is 78.6 cm³/mol. The van der Waals surface area contributed by atoms with E-state index in [0.717, 1.165) is 25.8 Å². The molecule has 1 aromatic rings. The molecule has 106 valence electrons. The Kier molecular flexibility index (Phi) is 8.38. The molecule has 1 aromatic carbocycles. The smallest absolute Gasteiger partial charge is 0.438 e. The van der Waals surface area contributed by atoms with Crippen molar-refractivity contribution in [2.24, 2.45) is 4.99 Å². The van der Waals surface area contributed by atoms with E-state index in [0.29, 0.717) is 0 Å². The van der Waals surface area contributed by atoms with Crippen LogP contribution in [0.1, 0.15) is 24.8 Å². The Balaban J connectivity index is 2.02. The quantitative estimate of drug-likeness (QED) is 0.346. The Hall–Kier alpha value is -2.28. The summed E-state index contributed by atoms with van der Waals surface area (Å²) in [4.78, 5) is 15.0. The van der Waals surface area contributed by atoms with Crippen molar-refractivity contribution in [3.63, 3.8) is 0 Å². The second kappa shape index (κ2) is 10.6. The minimum absolute atomic E-state index is 0.0781. The number of aliphatic imine (C=N–C) groups is 1. The zero-order valence-electron chi connectivity index (χ0n) is 11.7. The molecule has 0 unspecified atom stereocenters. The zero-order valence-corrected chi connectivity index (χ0v) is 11.7. The molecule has 0 aliphatic carbocycles. The Morgan fingerprint density at radius 1 is 1.30 bits per heavy atom. The fourth-order valence-corrected chi connectivity index (χ4v) is 1.42. The van der Waals surface area contributed by atoms with Gasteiger partial charge in [-0.25, -0.2) is 4.79 Å². The molecule has 0 aromatic heterocycles. The third-order valence-corrected chi connectivity index (χ3v) is 2.43. The van der Waals surface area contributed by atoms with E-state index >= 15 is 0 Å². The molecule has 0 amide bonds. The van der Waals surface area contributed by atoms with Crippen LogP contribution in [-0.2, 0) is 16.0 Å². The molecular weight excluding hydrogens is 254 g/mol. The highest BCUT2D eigenvalue weighted by atomic mass is 16.7. The van der Waals surface area contributed by atoms with Crippen LogP contribution in [0.4, 0.5) is 4.79 Å². The summed E-state index contributed by atoms with van der Waals surface area (Å²) >= 11 is 0. The first-order valence-electron chi connectivity index (χ1n) is 6.51. The van der Waals surface area contributed by atoms with Crippen molar-refractivity contribution in [1.82, 2.24) is 0 Å². The van der Waals surface area contributed by atoms with Crippen molar-refractivity contribution in [2.45, 2.75) is 25.8 Å². The molecule has 0 saturated heterocycles. The number of rotatable bonds is 6. The molecule has 0 saturated carbocycles. The Bertz CT molecular complexity index is 471. The summed E-state index contributed by atoms with van der Waals surface area (Å²) < 4.78 is 8.94. The van der Waals surface area contributed by atoms with Gasteiger partial charge < -0.3 is 9.47 Å². The first kappa shape index (κ1) is 15.8. The van der Waals surface area contributed by atoms with Gasteiger partial charge in [0.25, 0.3) is 0 Å². The van der Waals surface area contributed by atoms with Crippen molar-refractivity contribution in [3.8, 4) is 11.8 Å². The number of methoxy groups -OCH3 is 1. The number of benzene rings is 1. The van der Waals surface area contributed by atoms with E-state index < -0.39 is 6.16 Å². The van der Waals surface area contributed by atoms with Gasteiger partial charge >= 0.3 is 6.16 Å². The Morgan fingerprint density at radius 2 is 2.10 bits per heavy atom. The van der Waals surface area contributed by atoms with Gasteiger partial charge in [-0.05, 0) is 24.6 Å². The summed E-state index contributed by atoms with van der Waals surface area (Å²) in [6.07, 6.45) is 3.84. The van der Waals surface area contributed by atoms with E-state index in [1.165, 1.54) is 12.7 Å². The van der Waals surface area contributed by atoms with Gasteiger partial charge in [-0.2, -0.15) is 0 Å². The van der Waals surface area contributed by atoms with Gasteiger partial charge in [0, 0.05) is 6.42 Å². The van der Waals surface area contributed by atoms with Crippen LogP contribution in [0, 0.1) is 11.8 Å². The average molecular weight is 273 g/mol. The molecule has 0 atom stereocenters. The molecule has 0 aliphatic heterocycles. The zero-order chi connectivity index (χ0) is 14.5. The van der Waals surface area contributed by atoms with E-state index in [1.54, 1.807) is 0 Å². The van der Waals surface area contributed by atoms with Crippen LogP contribution in [0.3, 0.4) is 0 Å². The van der Waals surface area contributed by atoms with Gasteiger partial charge in [0.15, 0.2) is 6.61 Å². The minimum Gasteiger partial charge on any atom is -0.438 e. The van der Waals surface area contributed by atoms with E-state index in [2.05, 4.69) is 38.4 Å². The Labute approximate surface area is 119 Å². The van der Waals surface area contributed by atoms with Gasteiger partial charge in [-0.15, -0.1) is 0 Å². The lowest BCUT2D eigenvalue weighted by molar-refractivity contribution is 0.0832. The van der Waals surface area contributed by atoms with Crippen LogP contribution in [-0.4, -0.2) is 26.1 Å². The summed E-state index contributed by atoms with van der Waals surface area (Å²) in [5.74, 6) is 5.68. The van der Waals surface area contributed by atoms with Crippen LogP contribution in [0.25, 0.3) is 0 Å². The summed E-state index contributed by atoms with van der Waals surface area (Å²) in [6.45, 7) is 0.800. The standard InChI is InChI=1S/C16H19NO3/c1-19-16(18)20-13-9-4-2-3-8-12-17-14-15-10-6-5-7-11-15/h5-7,10-12H,2-3,8,13-14H2,1H3. The maximum Gasteiger partial charge on any atom is 0.508 e. The maximum atomic E-state index is 10.6. The summed E-state index contributed by atoms with van der Waals surface area (Å²) in [7, 11) is 1.27. The fourth-order valence-electron chi connectivity index (χ4n) is 1.42. The van der Waals surface area contributed by atoms with Gasteiger partial charge in [-0.1, -0.05) is 42.2 Å². The van der Waals surface area contributed by atoms with E-state index in [1.807, 2.05) is 24.4 Å². The van der Waals surface area contributed by atoms with Crippen LogP contribution < -0.4 is 0 Å². The molecule has 0 bridgehead atoms. The number of unbranched alkanes of at least 4 members (excludes halogenated alkanes) is 2. The van der Waals surface area contributed by atoms with Crippen LogP contribution in [0.2, 0.25) is 0 Å². The molecular formula is C16H19NO3. The number of hydrogen-bond donors (Lipinski definition) is 0.